The van der Waals surface area contributed by atoms with Gasteiger partial charge >= 0.3 is 0 Å². The van der Waals surface area contributed by atoms with Crippen LogP contribution < -0.4 is 9.47 Å². The fraction of sp³-hybridized carbons (Fsp3) is 0.455. The molecule has 4 atom stereocenters. The molecule has 4 unspecified atom stereocenters. The lowest BCUT2D eigenvalue weighted by atomic mass is 9.84. The van der Waals surface area contributed by atoms with Crippen LogP contribution in [0.2, 0.25) is 0 Å². The van der Waals surface area contributed by atoms with Gasteiger partial charge in [0.15, 0.2) is 11.5 Å². The molecule has 0 amide bonds. The zero-order valence-corrected chi connectivity index (χ0v) is 16.5. The Labute approximate surface area is 169 Å². The van der Waals surface area contributed by atoms with Crippen molar-refractivity contribution in [1.29, 1.82) is 0 Å². The van der Waals surface area contributed by atoms with Gasteiger partial charge in [-0.05, 0) is 35.4 Å². The Balaban J connectivity index is 1.60. The van der Waals surface area contributed by atoms with Gasteiger partial charge in [-0.3, -0.25) is 0 Å². The molecule has 3 N–H and O–H groups in total. The molecule has 2 aromatic carbocycles. The quantitative estimate of drug-likeness (QED) is 0.683. The SMILES string of the molecule is COc1ccc(C2OCC3C(c4cc(CO)c(O)c(CO)c4)OCC23)cc1OC. The summed E-state index contributed by atoms with van der Waals surface area (Å²) in [6.45, 7) is 0.465. The summed E-state index contributed by atoms with van der Waals surface area (Å²) >= 11 is 0. The summed E-state index contributed by atoms with van der Waals surface area (Å²) in [5.41, 5.74) is 2.61. The topological polar surface area (TPSA) is 97.6 Å². The Morgan fingerprint density at radius 2 is 1.38 bits per heavy atom. The Kier molecular flexibility index (Phi) is 5.65. The van der Waals surface area contributed by atoms with Crippen molar-refractivity contribution in [3.63, 3.8) is 0 Å². The molecule has 7 nitrogen and oxygen atoms in total. The number of phenols is 1. The second-order valence-corrected chi connectivity index (χ2v) is 7.45. The average molecular weight is 402 g/mol. The number of ether oxygens (including phenoxy) is 4. The van der Waals surface area contributed by atoms with Crippen LogP contribution in [0.3, 0.4) is 0 Å². The van der Waals surface area contributed by atoms with Gasteiger partial charge in [0.2, 0.25) is 0 Å². The van der Waals surface area contributed by atoms with Crippen LogP contribution in [0.25, 0.3) is 0 Å². The largest absolute Gasteiger partial charge is 0.507 e. The van der Waals surface area contributed by atoms with Crippen LogP contribution in [0.15, 0.2) is 30.3 Å². The molecule has 4 rings (SSSR count). The molecule has 0 aliphatic carbocycles. The zero-order valence-electron chi connectivity index (χ0n) is 16.5. The molecule has 2 saturated heterocycles. The standard InChI is InChI=1S/C22H26O7/c1-26-18-4-3-12(7-19(18)27-2)21-16-10-29-22(17(16)11-28-21)13-5-14(8-23)20(25)15(6-13)9-24/h3-7,16-17,21-25H,8-11H2,1-2H3. The van der Waals surface area contributed by atoms with E-state index in [4.69, 9.17) is 18.9 Å². The van der Waals surface area contributed by atoms with Gasteiger partial charge in [-0.15, -0.1) is 0 Å². The smallest absolute Gasteiger partial charge is 0.161 e. The van der Waals surface area contributed by atoms with Crippen LogP contribution in [0.1, 0.15) is 34.5 Å². The first-order valence-electron chi connectivity index (χ1n) is 9.62. The fourth-order valence-corrected chi connectivity index (χ4v) is 4.46. The minimum Gasteiger partial charge on any atom is -0.507 e. The summed E-state index contributed by atoms with van der Waals surface area (Å²) in [4.78, 5) is 0. The normalized spacial score (nSPS) is 25.8. The monoisotopic (exact) mass is 402 g/mol. The van der Waals surface area contributed by atoms with Gasteiger partial charge in [-0.25, -0.2) is 0 Å². The molecule has 2 aliphatic heterocycles. The molecule has 2 fully saturated rings. The van der Waals surface area contributed by atoms with Crippen molar-refractivity contribution in [3.8, 4) is 17.2 Å². The van der Waals surface area contributed by atoms with Gasteiger partial charge < -0.3 is 34.3 Å². The van der Waals surface area contributed by atoms with Crippen LogP contribution in [-0.4, -0.2) is 42.8 Å². The second-order valence-electron chi connectivity index (χ2n) is 7.45. The molecular weight excluding hydrogens is 376 g/mol. The lowest BCUT2D eigenvalue weighted by Crippen LogP contribution is -2.15. The Morgan fingerprint density at radius 1 is 0.828 bits per heavy atom. The summed E-state index contributed by atoms with van der Waals surface area (Å²) in [6.07, 6.45) is -0.335. The number of aliphatic hydroxyl groups is 2. The van der Waals surface area contributed by atoms with Crippen LogP contribution >= 0.6 is 0 Å². The van der Waals surface area contributed by atoms with E-state index in [1.165, 1.54) is 0 Å². The Morgan fingerprint density at radius 3 is 1.90 bits per heavy atom. The van der Waals surface area contributed by atoms with E-state index in [-0.39, 0.29) is 43.0 Å². The molecule has 0 spiro atoms. The third-order valence-electron chi connectivity index (χ3n) is 5.96. The Bertz CT molecular complexity index is 856. The second kappa shape index (κ2) is 8.20. The number of hydrogen-bond donors (Lipinski definition) is 3. The first kappa shape index (κ1) is 20.0. The average Bonchev–Trinajstić information content (AvgIpc) is 3.35. The summed E-state index contributed by atoms with van der Waals surface area (Å²) < 4.78 is 23.0. The molecular formula is C22H26O7. The number of aromatic hydroxyl groups is 1. The van der Waals surface area contributed by atoms with E-state index in [1.54, 1.807) is 26.4 Å². The van der Waals surface area contributed by atoms with Crippen LogP contribution in [-0.2, 0) is 22.7 Å². The molecule has 0 bridgehead atoms. The first-order valence-corrected chi connectivity index (χ1v) is 9.62. The highest BCUT2D eigenvalue weighted by Gasteiger charge is 2.48. The van der Waals surface area contributed by atoms with Crippen molar-refractivity contribution < 1.29 is 34.3 Å². The van der Waals surface area contributed by atoms with E-state index >= 15 is 0 Å². The van der Waals surface area contributed by atoms with Gasteiger partial charge in [0.05, 0.1) is 52.9 Å². The minimum absolute atomic E-state index is 0.0702. The Hall–Kier alpha value is -2.32. The summed E-state index contributed by atoms with van der Waals surface area (Å²) in [7, 11) is 3.21. The van der Waals surface area contributed by atoms with Gasteiger partial charge in [-0.1, -0.05) is 6.07 Å². The molecule has 0 radical (unpaired) electrons. The van der Waals surface area contributed by atoms with Crippen LogP contribution in [0, 0.1) is 11.8 Å². The molecule has 29 heavy (non-hydrogen) atoms. The van der Waals surface area contributed by atoms with Crippen molar-refractivity contribution in [3.05, 3.63) is 52.6 Å². The minimum atomic E-state index is -0.307. The van der Waals surface area contributed by atoms with E-state index in [2.05, 4.69) is 0 Å². The van der Waals surface area contributed by atoms with Crippen molar-refractivity contribution >= 4 is 0 Å². The predicted octanol–water partition coefficient (Wildman–Crippen LogP) is 2.47. The maximum absolute atomic E-state index is 10.1. The van der Waals surface area contributed by atoms with E-state index in [1.807, 2.05) is 18.2 Å². The molecule has 2 aromatic rings. The number of hydrogen-bond acceptors (Lipinski definition) is 7. The maximum Gasteiger partial charge on any atom is 0.161 e. The van der Waals surface area contributed by atoms with Gasteiger partial charge in [0.25, 0.3) is 0 Å². The molecule has 2 aliphatic rings. The third kappa shape index (κ3) is 3.44. The van der Waals surface area contributed by atoms with Crippen molar-refractivity contribution in [2.75, 3.05) is 27.4 Å². The van der Waals surface area contributed by atoms with E-state index in [0.717, 1.165) is 11.1 Å². The van der Waals surface area contributed by atoms with E-state index in [9.17, 15) is 15.3 Å². The highest BCUT2D eigenvalue weighted by atomic mass is 16.5. The first-order chi connectivity index (χ1) is 14.1. The highest BCUT2D eigenvalue weighted by Crippen LogP contribution is 2.51. The molecule has 2 heterocycles. The predicted molar refractivity (Wildman–Crippen MR) is 104 cm³/mol. The number of methoxy groups -OCH3 is 2. The lowest BCUT2D eigenvalue weighted by Gasteiger charge is -2.19. The van der Waals surface area contributed by atoms with Crippen molar-refractivity contribution in [1.82, 2.24) is 0 Å². The lowest BCUT2D eigenvalue weighted by molar-refractivity contribution is 0.0191. The number of rotatable bonds is 6. The molecule has 0 aromatic heterocycles. The van der Waals surface area contributed by atoms with Crippen LogP contribution in [0.4, 0.5) is 0 Å². The zero-order chi connectivity index (χ0) is 20.5. The van der Waals surface area contributed by atoms with Gasteiger partial charge in [-0.2, -0.15) is 0 Å². The van der Waals surface area contributed by atoms with E-state index < -0.39 is 0 Å². The van der Waals surface area contributed by atoms with Gasteiger partial charge in [0, 0.05) is 23.0 Å². The number of aliphatic hydroxyl groups excluding tert-OH is 2. The van der Waals surface area contributed by atoms with Crippen molar-refractivity contribution in [2.24, 2.45) is 11.8 Å². The fourth-order valence-electron chi connectivity index (χ4n) is 4.46. The maximum atomic E-state index is 10.1. The molecule has 156 valence electrons. The van der Waals surface area contributed by atoms with Crippen LogP contribution in [0.5, 0.6) is 17.2 Å². The van der Waals surface area contributed by atoms with E-state index in [0.29, 0.717) is 35.8 Å². The summed E-state index contributed by atoms with van der Waals surface area (Å²) in [5, 5.41) is 29.2. The summed E-state index contributed by atoms with van der Waals surface area (Å²) in [5.74, 6) is 1.56. The van der Waals surface area contributed by atoms with Crippen molar-refractivity contribution in [2.45, 2.75) is 25.4 Å². The molecule has 0 saturated carbocycles. The summed E-state index contributed by atoms with van der Waals surface area (Å²) in [6, 6.07) is 9.28. The van der Waals surface area contributed by atoms with Gasteiger partial charge in [0.1, 0.15) is 5.75 Å². The number of benzene rings is 2. The highest BCUT2D eigenvalue weighted by molar-refractivity contribution is 5.45. The third-order valence-corrected chi connectivity index (χ3v) is 5.96. The number of fused-ring (bicyclic) bond motifs is 1. The molecule has 7 heteroatoms.